The number of halogens is 2. The Bertz CT molecular complexity index is 980. The number of carbonyl (C=O) groups excluding carboxylic acids is 2. The number of nitrogens with one attached hydrogen (secondary N) is 1. The molecule has 0 aromatic heterocycles. The lowest BCUT2D eigenvalue weighted by Gasteiger charge is -2.39. The monoisotopic (exact) mass is 460 g/mol. The van der Waals surface area contributed by atoms with E-state index in [1.54, 1.807) is 47.2 Å². The summed E-state index contributed by atoms with van der Waals surface area (Å²) < 4.78 is 19.1. The van der Waals surface area contributed by atoms with Crippen LogP contribution in [0, 0.1) is 5.82 Å². The van der Waals surface area contributed by atoms with Crippen LogP contribution in [0.25, 0.3) is 0 Å². The van der Waals surface area contributed by atoms with Gasteiger partial charge in [-0.2, -0.15) is 0 Å². The van der Waals surface area contributed by atoms with Crippen molar-refractivity contribution in [2.45, 2.75) is 12.6 Å². The van der Waals surface area contributed by atoms with E-state index in [1.807, 2.05) is 0 Å². The lowest BCUT2D eigenvalue weighted by Crippen LogP contribution is -2.56. The summed E-state index contributed by atoms with van der Waals surface area (Å²) in [7, 11) is 1.70. The van der Waals surface area contributed by atoms with Gasteiger partial charge in [0.2, 0.25) is 5.91 Å². The number of likely N-dealkylation sites (N-methyl/N-ethyl adjacent to an activating group) is 1. The minimum absolute atomic E-state index is 0.130. The zero-order valence-electron chi connectivity index (χ0n) is 17.9. The molecule has 0 saturated carbocycles. The van der Waals surface area contributed by atoms with Crippen LogP contribution in [0.4, 0.5) is 10.1 Å². The molecule has 7 nitrogen and oxygen atoms in total. The van der Waals surface area contributed by atoms with Crippen molar-refractivity contribution in [1.82, 2.24) is 15.1 Å². The summed E-state index contributed by atoms with van der Waals surface area (Å²) in [4.78, 5) is 31.5. The van der Waals surface area contributed by atoms with Gasteiger partial charge in [-0.3, -0.25) is 14.5 Å². The van der Waals surface area contributed by atoms with Crippen LogP contribution in [0.2, 0.25) is 5.02 Å². The number of piperazine rings is 1. The van der Waals surface area contributed by atoms with Gasteiger partial charge in [0, 0.05) is 37.7 Å². The molecule has 0 bridgehead atoms. The molecular weight excluding hydrogens is 435 g/mol. The molecule has 2 heterocycles. The summed E-state index contributed by atoms with van der Waals surface area (Å²) in [5.74, 6) is -0.0586. The van der Waals surface area contributed by atoms with Gasteiger partial charge >= 0.3 is 0 Å². The van der Waals surface area contributed by atoms with Crippen molar-refractivity contribution in [2.24, 2.45) is 0 Å². The first-order chi connectivity index (χ1) is 15.4. The molecule has 0 aliphatic carbocycles. The second-order valence-electron chi connectivity index (χ2n) is 7.98. The molecule has 0 spiro atoms. The molecule has 1 fully saturated rings. The minimum Gasteiger partial charge on any atom is -0.476 e. The highest BCUT2D eigenvalue weighted by atomic mass is 35.5. The van der Waals surface area contributed by atoms with Gasteiger partial charge in [-0.15, -0.1) is 0 Å². The number of fused-ring (bicyclic) bond motifs is 1. The number of hydrogen-bond acceptors (Lipinski definition) is 5. The van der Waals surface area contributed by atoms with Crippen molar-refractivity contribution in [3.8, 4) is 5.75 Å². The Morgan fingerprint density at radius 1 is 1.12 bits per heavy atom. The Kier molecular flexibility index (Phi) is 6.93. The normalized spacial score (nSPS) is 18.8. The third-order valence-corrected chi connectivity index (χ3v) is 5.97. The average molecular weight is 461 g/mol. The molecule has 1 N–H and O–H groups in total. The first kappa shape index (κ1) is 22.5. The zero-order valence-corrected chi connectivity index (χ0v) is 18.6. The lowest BCUT2D eigenvalue weighted by atomic mass is 10.1. The number of ether oxygens (including phenoxy) is 1. The fourth-order valence-corrected chi connectivity index (χ4v) is 4.21. The Hall–Kier alpha value is -2.68. The van der Waals surface area contributed by atoms with Crippen LogP contribution in [-0.2, 0) is 16.1 Å². The Morgan fingerprint density at radius 2 is 1.84 bits per heavy atom. The average Bonchev–Trinajstić information content (AvgIpc) is 2.80. The van der Waals surface area contributed by atoms with Crippen molar-refractivity contribution in [2.75, 3.05) is 51.2 Å². The first-order valence-corrected chi connectivity index (χ1v) is 11.0. The number of carbonyl (C=O) groups is 2. The minimum atomic E-state index is -0.770. The summed E-state index contributed by atoms with van der Waals surface area (Å²) >= 11 is 6.12. The van der Waals surface area contributed by atoms with E-state index in [0.29, 0.717) is 49.2 Å². The van der Waals surface area contributed by atoms with Crippen LogP contribution in [0.5, 0.6) is 5.75 Å². The number of hydrogen-bond donors (Lipinski definition) is 1. The predicted molar refractivity (Wildman–Crippen MR) is 120 cm³/mol. The second-order valence-corrected chi connectivity index (χ2v) is 8.42. The van der Waals surface area contributed by atoms with Gasteiger partial charge in [-0.25, -0.2) is 4.39 Å². The number of benzene rings is 2. The molecule has 1 unspecified atom stereocenters. The fourth-order valence-electron chi connectivity index (χ4n) is 4.05. The first-order valence-electron chi connectivity index (χ1n) is 10.6. The second kappa shape index (κ2) is 9.85. The van der Waals surface area contributed by atoms with E-state index < -0.39 is 6.10 Å². The van der Waals surface area contributed by atoms with Crippen molar-refractivity contribution < 1.29 is 18.7 Å². The Morgan fingerprint density at radius 3 is 2.53 bits per heavy atom. The van der Waals surface area contributed by atoms with Crippen LogP contribution in [0.15, 0.2) is 42.5 Å². The largest absolute Gasteiger partial charge is 0.476 e. The van der Waals surface area contributed by atoms with E-state index >= 15 is 0 Å². The maximum absolute atomic E-state index is 13.2. The van der Waals surface area contributed by atoms with Crippen molar-refractivity contribution in [3.63, 3.8) is 0 Å². The topological polar surface area (TPSA) is 65.1 Å². The van der Waals surface area contributed by atoms with Gasteiger partial charge in [0.25, 0.3) is 5.91 Å². The van der Waals surface area contributed by atoms with Crippen LogP contribution in [0.3, 0.4) is 0 Å². The van der Waals surface area contributed by atoms with E-state index in [4.69, 9.17) is 16.3 Å². The third-order valence-electron chi connectivity index (χ3n) is 5.74. The highest BCUT2D eigenvalue weighted by molar-refractivity contribution is 6.31. The number of anilines is 1. The molecule has 32 heavy (non-hydrogen) atoms. The summed E-state index contributed by atoms with van der Waals surface area (Å²) in [5, 5.41) is 3.36. The molecule has 2 aromatic carbocycles. The summed E-state index contributed by atoms with van der Waals surface area (Å²) in [5.41, 5.74) is 1.61. The summed E-state index contributed by atoms with van der Waals surface area (Å²) in [6.07, 6.45) is -0.770. The van der Waals surface area contributed by atoms with Gasteiger partial charge in [0.15, 0.2) is 6.10 Å². The van der Waals surface area contributed by atoms with Crippen molar-refractivity contribution >= 4 is 29.1 Å². The molecule has 4 rings (SSSR count). The van der Waals surface area contributed by atoms with Gasteiger partial charge < -0.3 is 19.9 Å². The van der Waals surface area contributed by atoms with Gasteiger partial charge in [-0.05, 0) is 42.9 Å². The lowest BCUT2D eigenvalue weighted by molar-refractivity contribution is -0.140. The van der Waals surface area contributed by atoms with Crippen LogP contribution < -0.4 is 15.0 Å². The van der Waals surface area contributed by atoms with E-state index in [1.165, 1.54) is 12.1 Å². The van der Waals surface area contributed by atoms with Gasteiger partial charge in [-0.1, -0.05) is 23.7 Å². The van der Waals surface area contributed by atoms with Crippen LogP contribution >= 0.6 is 11.6 Å². The summed E-state index contributed by atoms with van der Waals surface area (Å²) in [6, 6.07) is 11.5. The quantitative estimate of drug-likeness (QED) is 0.740. The molecule has 9 heteroatoms. The molecule has 170 valence electrons. The Labute approximate surface area is 191 Å². The molecule has 2 aliphatic heterocycles. The molecule has 2 aromatic rings. The van der Waals surface area contributed by atoms with E-state index in [0.717, 1.165) is 5.56 Å². The van der Waals surface area contributed by atoms with E-state index in [-0.39, 0.29) is 30.7 Å². The van der Waals surface area contributed by atoms with Crippen LogP contribution in [0.1, 0.15) is 5.56 Å². The highest BCUT2D eigenvalue weighted by Crippen LogP contribution is 2.36. The zero-order chi connectivity index (χ0) is 22.7. The molecule has 2 amide bonds. The van der Waals surface area contributed by atoms with Gasteiger partial charge in [0.1, 0.15) is 11.6 Å². The standard InChI is InChI=1S/C23H26ClFN4O3/c1-26-13-22(30)29-15-21(32-20-7-4-17(24)12-19(20)29)23(31)28-10-8-27(9-11-28)14-16-2-5-18(25)6-3-16/h2-7,12,21,26H,8-11,13-15H2,1H3. The molecule has 1 saturated heterocycles. The van der Waals surface area contributed by atoms with E-state index in [9.17, 15) is 14.0 Å². The number of rotatable bonds is 5. The third kappa shape index (κ3) is 5.03. The maximum atomic E-state index is 13.2. The molecular formula is C23H26ClFN4O3. The highest BCUT2D eigenvalue weighted by Gasteiger charge is 2.36. The van der Waals surface area contributed by atoms with Gasteiger partial charge in [0.05, 0.1) is 18.8 Å². The predicted octanol–water partition coefficient (Wildman–Crippen LogP) is 2.14. The Balaban J connectivity index is 1.40. The fraction of sp³-hybridized carbons (Fsp3) is 0.391. The molecule has 0 radical (unpaired) electrons. The van der Waals surface area contributed by atoms with Crippen LogP contribution in [-0.4, -0.2) is 74.0 Å². The smallest absolute Gasteiger partial charge is 0.265 e. The molecule has 1 atom stereocenters. The SMILES string of the molecule is CNCC(=O)N1CC(C(=O)N2CCN(Cc3ccc(F)cc3)CC2)Oc2ccc(Cl)cc21. The van der Waals surface area contributed by atoms with E-state index in [2.05, 4.69) is 10.2 Å². The van der Waals surface area contributed by atoms with Crippen molar-refractivity contribution in [1.29, 1.82) is 0 Å². The molecule has 2 aliphatic rings. The van der Waals surface area contributed by atoms with Crippen molar-refractivity contribution in [3.05, 3.63) is 58.9 Å². The number of nitrogens with zero attached hydrogens (tertiary/aromatic N) is 3. The number of amides is 2. The summed E-state index contributed by atoms with van der Waals surface area (Å²) in [6.45, 7) is 3.56. The maximum Gasteiger partial charge on any atom is 0.265 e.